The quantitative estimate of drug-likeness (QED) is 0.587. The monoisotopic (exact) mass is 358 g/mol. The second-order valence-corrected chi connectivity index (χ2v) is 7.50. The van der Waals surface area contributed by atoms with Crippen LogP contribution in [-0.2, 0) is 0 Å². The van der Waals surface area contributed by atoms with Gasteiger partial charge in [0.05, 0.1) is 6.04 Å². The van der Waals surface area contributed by atoms with E-state index in [1.807, 2.05) is 26.0 Å². The van der Waals surface area contributed by atoms with Gasteiger partial charge in [-0.15, -0.1) is 5.06 Å². The van der Waals surface area contributed by atoms with Crippen molar-refractivity contribution in [2.24, 2.45) is 5.92 Å². The van der Waals surface area contributed by atoms with Crippen LogP contribution in [0.2, 0.25) is 0 Å². The van der Waals surface area contributed by atoms with Gasteiger partial charge in [-0.25, -0.2) is 0 Å². The van der Waals surface area contributed by atoms with Crippen molar-refractivity contribution < 1.29 is 4.84 Å². The highest BCUT2D eigenvalue weighted by Crippen LogP contribution is 2.35. The lowest BCUT2D eigenvalue weighted by Crippen LogP contribution is -2.47. The Kier molecular flexibility index (Phi) is 10.2. The maximum atomic E-state index is 6.35. The molecule has 0 aliphatic rings. The Bertz CT molecular complexity index is 600. The van der Waals surface area contributed by atoms with Gasteiger partial charge in [0.1, 0.15) is 5.75 Å². The molecule has 0 aromatic heterocycles. The summed E-state index contributed by atoms with van der Waals surface area (Å²) in [4.78, 5) is 6.35. The van der Waals surface area contributed by atoms with Gasteiger partial charge in [-0.05, 0) is 51.3 Å². The first-order valence-electron chi connectivity index (χ1n) is 9.38. The molecular weight excluding hydrogens is 320 g/mol. The number of hydrogen-bond donors (Lipinski definition) is 1. The van der Waals surface area contributed by atoms with E-state index in [1.54, 1.807) is 0 Å². The molecule has 2 aromatic carbocycles. The highest BCUT2D eigenvalue weighted by Gasteiger charge is 2.34. The van der Waals surface area contributed by atoms with Crippen LogP contribution in [0.4, 0.5) is 0 Å². The fraction of sp³-hybridized carbons (Fsp3) is 0.478. The summed E-state index contributed by atoms with van der Waals surface area (Å²) in [5.74, 6) is 1.31. The van der Waals surface area contributed by atoms with Crippen LogP contribution in [-0.4, -0.2) is 10.6 Å². The smallest absolute Gasteiger partial charge is 0.147 e. The van der Waals surface area contributed by atoms with Gasteiger partial charge in [-0.1, -0.05) is 75.7 Å². The van der Waals surface area contributed by atoms with E-state index in [9.17, 15) is 0 Å². The van der Waals surface area contributed by atoms with Crippen LogP contribution < -0.4 is 11.0 Å². The maximum absolute atomic E-state index is 6.35. The van der Waals surface area contributed by atoms with Crippen molar-refractivity contribution in [1.29, 1.82) is 0 Å². The molecule has 1 atom stereocenters. The van der Waals surface area contributed by atoms with Crippen molar-refractivity contribution in [2.75, 3.05) is 0 Å². The van der Waals surface area contributed by atoms with Crippen molar-refractivity contribution in [2.45, 2.75) is 67.0 Å². The minimum atomic E-state index is -0.115. The summed E-state index contributed by atoms with van der Waals surface area (Å²) >= 11 is 0. The number of hydrogen-bond acceptors (Lipinski definition) is 3. The molecule has 3 N–H and O–H groups in total. The molecule has 2 aromatic rings. The standard InChI is InChI=1S/C21H29NO.C2H6.H3N/c1-16(2)20(18-10-8-7-9-11-18)22(21(4,5)6)23-19-14-12-17(3)13-15-19;1-2;/h7-16,20H,1-6H3;1-2H3;1H3. The molecular formula is C23H38N2O. The van der Waals surface area contributed by atoms with Gasteiger partial charge in [0.2, 0.25) is 0 Å². The third-order valence-electron chi connectivity index (χ3n) is 3.91. The first-order valence-corrected chi connectivity index (χ1v) is 9.38. The van der Waals surface area contributed by atoms with Gasteiger partial charge < -0.3 is 11.0 Å². The molecule has 2 rings (SSSR count). The summed E-state index contributed by atoms with van der Waals surface area (Å²) in [6, 6.07) is 19.1. The number of rotatable bonds is 5. The predicted molar refractivity (Wildman–Crippen MR) is 114 cm³/mol. The van der Waals surface area contributed by atoms with Crippen LogP contribution >= 0.6 is 0 Å². The minimum Gasteiger partial charge on any atom is -0.405 e. The van der Waals surface area contributed by atoms with Gasteiger partial charge in [0, 0.05) is 5.54 Å². The van der Waals surface area contributed by atoms with Gasteiger partial charge in [-0.2, -0.15) is 0 Å². The second kappa shape index (κ2) is 11.0. The zero-order valence-corrected chi connectivity index (χ0v) is 17.9. The van der Waals surface area contributed by atoms with E-state index in [1.165, 1.54) is 11.1 Å². The zero-order chi connectivity index (χ0) is 19.0. The van der Waals surface area contributed by atoms with E-state index < -0.39 is 0 Å². The van der Waals surface area contributed by atoms with Crippen LogP contribution in [0.5, 0.6) is 5.75 Å². The highest BCUT2D eigenvalue weighted by molar-refractivity contribution is 5.26. The van der Waals surface area contributed by atoms with Crippen molar-refractivity contribution in [3.8, 4) is 5.75 Å². The summed E-state index contributed by atoms with van der Waals surface area (Å²) in [5, 5.41) is 2.14. The Hall–Kier alpha value is -1.84. The third-order valence-corrected chi connectivity index (χ3v) is 3.91. The summed E-state index contributed by atoms with van der Waals surface area (Å²) in [6.45, 7) is 17.2. The number of nitrogens with zero attached hydrogens (tertiary/aromatic N) is 1. The van der Waals surface area contributed by atoms with E-state index in [0.29, 0.717) is 5.92 Å². The summed E-state index contributed by atoms with van der Waals surface area (Å²) in [6.07, 6.45) is 0. The first kappa shape index (κ1) is 24.2. The van der Waals surface area contributed by atoms with Crippen molar-refractivity contribution >= 4 is 0 Å². The van der Waals surface area contributed by atoms with E-state index in [4.69, 9.17) is 4.84 Å². The van der Waals surface area contributed by atoms with Gasteiger partial charge in [0.15, 0.2) is 0 Å². The molecule has 0 saturated carbocycles. The number of hydroxylamine groups is 2. The third kappa shape index (κ3) is 6.81. The van der Waals surface area contributed by atoms with E-state index in [0.717, 1.165) is 5.75 Å². The molecule has 0 aliphatic heterocycles. The zero-order valence-electron chi connectivity index (χ0n) is 17.9. The van der Waals surface area contributed by atoms with E-state index >= 15 is 0 Å². The van der Waals surface area contributed by atoms with Crippen LogP contribution in [0.15, 0.2) is 54.6 Å². The van der Waals surface area contributed by atoms with Crippen molar-refractivity contribution in [3.05, 3.63) is 65.7 Å². The highest BCUT2D eigenvalue weighted by atomic mass is 16.7. The number of benzene rings is 2. The fourth-order valence-corrected chi connectivity index (χ4v) is 2.76. The molecule has 146 valence electrons. The Morgan fingerprint density at radius 3 is 1.77 bits per heavy atom. The molecule has 0 bridgehead atoms. The summed E-state index contributed by atoms with van der Waals surface area (Å²) in [5.41, 5.74) is 2.41. The molecule has 3 heteroatoms. The Balaban J connectivity index is 0.00000201. The number of aryl methyl sites for hydroxylation is 1. The normalized spacial score (nSPS) is 12.1. The molecule has 0 fully saturated rings. The van der Waals surface area contributed by atoms with Crippen LogP contribution in [0.1, 0.15) is 65.6 Å². The molecule has 3 nitrogen and oxygen atoms in total. The first-order chi connectivity index (χ1) is 11.8. The maximum Gasteiger partial charge on any atom is 0.147 e. The fourth-order valence-electron chi connectivity index (χ4n) is 2.76. The Morgan fingerprint density at radius 1 is 0.846 bits per heavy atom. The average molecular weight is 359 g/mol. The van der Waals surface area contributed by atoms with E-state index in [2.05, 4.69) is 89.1 Å². The molecule has 1 unspecified atom stereocenters. The predicted octanol–water partition coefficient (Wildman–Crippen LogP) is 6.97. The lowest BCUT2D eigenvalue weighted by Gasteiger charge is -2.42. The van der Waals surface area contributed by atoms with Gasteiger partial charge >= 0.3 is 0 Å². The topological polar surface area (TPSA) is 47.5 Å². The summed E-state index contributed by atoms with van der Waals surface area (Å²) in [7, 11) is 0. The lowest BCUT2D eigenvalue weighted by atomic mass is 9.92. The molecule has 0 heterocycles. The lowest BCUT2D eigenvalue weighted by molar-refractivity contribution is -0.171. The van der Waals surface area contributed by atoms with Crippen LogP contribution in [0, 0.1) is 12.8 Å². The molecule has 26 heavy (non-hydrogen) atoms. The van der Waals surface area contributed by atoms with Crippen molar-refractivity contribution in [1.82, 2.24) is 11.2 Å². The van der Waals surface area contributed by atoms with Crippen molar-refractivity contribution in [3.63, 3.8) is 0 Å². The average Bonchev–Trinajstić information content (AvgIpc) is 2.58. The molecule has 0 aliphatic carbocycles. The molecule has 0 amide bonds. The Labute approximate surface area is 160 Å². The van der Waals surface area contributed by atoms with E-state index in [-0.39, 0.29) is 17.7 Å². The van der Waals surface area contributed by atoms with Crippen LogP contribution in [0.25, 0.3) is 0 Å². The minimum absolute atomic E-state index is 0. The SMILES string of the molecule is CC.Cc1ccc(ON(C(c2ccccc2)C(C)C)C(C)(C)C)cc1.N. The molecule has 0 spiro atoms. The summed E-state index contributed by atoms with van der Waals surface area (Å²) < 4.78 is 0. The largest absolute Gasteiger partial charge is 0.405 e. The Morgan fingerprint density at radius 2 is 1.35 bits per heavy atom. The molecule has 0 radical (unpaired) electrons. The van der Waals surface area contributed by atoms with Gasteiger partial charge in [0.25, 0.3) is 0 Å². The second-order valence-electron chi connectivity index (χ2n) is 7.50. The van der Waals surface area contributed by atoms with Crippen LogP contribution in [0.3, 0.4) is 0 Å². The van der Waals surface area contributed by atoms with Gasteiger partial charge in [-0.3, -0.25) is 0 Å². The molecule has 0 saturated heterocycles.